The third-order valence-corrected chi connectivity index (χ3v) is 4.57. The summed E-state index contributed by atoms with van der Waals surface area (Å²) in [6.45, 7) is -0.537. The van der Waals surface area contributed by atoms with Crippen LogP contribution >= 0.6 is 23.8 Å². The van der Waals surface area contributed by atoms with Crippen molar-refractivity contribution in [3.05, 3.63) is 58.6 Å². The lowest BCUT2D eigenvalue weighted by Crippen LogP contribution is -2.54. The molecule has 0 aromatic heterocycles. The van der Waals surface area contributed by atoms with E-state index in [9.17, 15) is 14.4 Å². The summed E-state index contributed by atoms with van der Waals surface area (Å²) in [6, 6.07) is 11.0. The molecule has 3 rings (SSSR count). The van der Waals surface area contributed by atoms with Gasteiger partial charge in [0.15, 0.2) is 23.2 Å². The van der Waals surface area contributed by atoms with Gasteiger partial charge in [0.2, 0.25) is 0 Å². The lowest BCUT2D eigenvalue weighted by molar-refractivity contribution is -0.139. The second-order valence-corrected chi connectivity index (χ2v) is 6.85. The van der Waals surface area contributed by atoms with Gasteiger partial charge in [0.25, 0.3) is 11.8 Å². The summed E-state index contributed by atoms with van der Waals surface area (Å²) >= 11 is 11.0. The van der Waals surface area contributed by atoms with Gasteiger partial charge >= 0.3 is 5.97 Å². The summed E-state index contributed by atoms with van der Waals surface area (Å²) in [6.07, 6.45) is 1.38. The average Bonchev–Trinajstić information content (AvgIpc) is 2.71. The van der Waals surface area contributed by atoms with E-state index in [0.29, 0.717) is 16.3 Å². The number of hydrogen-bond donors (Lipinski definition) is 2. The van der Waals surface area contributed by atoms with Crippen LogP contribution in [0.25, 0.3) is 6.08 Å². The Balaban J connectivity index is 1.94. The van der Waals surface area contributed by atoms with Crippen molar-refractivity contribution in [3.8, 4) is 11.5 Å². The highest BCUT2D eigenvalue weighted by Crippen LogP contribution is 2.30. The van der Waals surface area contributed by atoms with Gasteiger partial charge in [-0.1, -0.05) is 17.7 Å². The molecule has 0 radical (unpaired) electrons. The van der Waals surface area contributed by atoms with Crippen molar-refractivity contribution in [3.63, 3.8) is 0 Å². The fourth-order valence-electron chi connectivity index (χ4n) is 2.68. The molecule has 2 N–H and O–H groups in total. The van der Waals surface area contributed by atoms with Crippen molar-refractivity contribution in [2.45, 2.75) is 0 Å². The van der Waals surface area contributed by atoms with Gasteiger partial charge in [0.1, 0.15) is 5.57 Å². The maximum Gasteiger partial charge on any atom is 0.341 e. The van der Waals surface area contributed by atoms with Crippen LogP contribution in [0.15, 0.2) is 48.0 Å². The second-order valence-electron chi connectivity index (χ2n) is 6.03. The number of carbonyl (C=O) groups excluding carboxylic acids is 2. The number of carbonyl (C=O) groups is 3. The Kier molecular flexibility index (Phi) is 6.34. The van der Waals surface area contributed by atoms with E-state index >= 15 is 0 Å². The Labute approximate surface area is 181 Å². The van der Waals surface area contributed by atoms with Crippen molar-refractivity contribution in [2.24, 2.45) is 0 Å². The highest BCUT2D eigenvalue weighted by molar-refractivity contribution is 7.80. The predicted molar refractivity (Wildman–Crippen MR) is 114 cm³/mol. The summed E-state index contributed by atoms with van der Waals surface area (Å²) in [5.41, 5.74) is 0.784. The number of nitrogens with one attached hydrogen (secondary N) is 1. The topological polar surface area (TPSA) is 105 Å². The van der Waals surface area contributed by atoms with Gasteiger partial charge < -0.3 is 14.6 Å². The Hall–Kier alpha value is -3.43. The summed E-state index contributed by atoms with van der Waals surface area (Å²) in [5.74, 6) is -1.91. The number of carboxylic acid groups (broad SMARTS) is 1. The zero-order valence-electron chi connectivity index (χ0n) is 15.5. The van der Waals surface area contributed by atoms with Crippen molar-refractivity contribution >= 4 is 58.5 Å². The van der Waals surface area contributed by atoms with Gasteiger partial charge in [-0.15, -0.1) is 0 Å². The highest BCUT2D eigenvalue weighted by Gasteiger charge is 2.34. The molecule has 1 aliphatic heterocycles. The molecule has 2 amide bonds. The van der Waals surface area contributed by atoms with Gasteiger partial charge in [0, 0.05) is 5.02 Å². The minimum Gasteiger partial charge on any atom is -0.493 e. The van der Waals surface area contributed by atoms with E-state index in [1.807, 2.05) is 0 Å². The zero-order chi connectivity index (χ0) is 21.8. The van der Waals surface area contributed by atoms with Crippen molar-refractivity contribution in [2.75, 3.05) is 18.6 Å². The minimum atomic E-state index is -1.13. The normalized spacial score (nSPS) is 15.2. The molecule has 0 spiro atoms. The lowest BCUT2D eigenvalue weighted by Gasteiger charge is -2.29. The lowest BCUT2D eigenvalue weighted by atomic mass is 10.1. The molecular weight excluding hydrogens is 432 g/mol. The van der Waals surface area contributed by atoms with Gasteiger partial charge in [-0.3, -0.25) is 19.8 Å². The number of anilines is 1. The number of halogens is 1. The molecule has 2 aromatic rings. The molecule has 1 saturated heterocycles. The van der Waals surface area contributed by atoms with Gasteiger partial charge in [-0.2, -0.15) is 0 Å². The first-order chi connectivity index (χ1) is 14.3. The number of thiocarbonyl (C=S) groups is 1. The number of carboxylic acids is 1. The number of aliphatic carboxylic acids is 1. The van der Waals surface area contributed by atoms with Crippen molar-refractivity contribution in [1.29, 1.82) is 0 Å². The Morgan fingerprint density at radius 2 is 1.90 bits per heavy atom. The summed E-state index contributed by atoms with van der Waals surface area (Å²) in [4.78, 5) is 37.3. The van der Waals surface area contributed by atoms with Gasteiger partial charge in [-0.25, -0.2) is 4.79 Å². The molecule has 1 aliphatic rings. The molecule has 0 saturated carbocycles. The van der Waals surface area contributed by atoms with E-state index < -0.39 is 24.4 Å². The van der Waals surface area contributed by atoms with Crippen LogP contribution in [0.5, 0.6) is 11.5 Å². The fourth-order valence-corrected chi connectivity index (χ4v) is 3.09. The minimum absolute atomic E-state index is 0.0422. The van der Waals surface area contributed by atoms with E-state index in [-0.39, 0.29) is 22.2 Å². The van der Waals surface area contributed by atoms with Crippen molar-refractivity contribution < 1.29 is 29.0 Å². The molecule has 10 heteroatoms. The maximum absolute atomic E-state index is 13.0. The quantitative estimate of drug-likeness (QED) is 0.399. The molecule has 8 nitrogen and oxygen atoms in total. The summed E-state index contributed by atoms with van der Waals surface area (Å²) in [7, 11) is 1.39. The first kappa shape index (κ1) is 21.3. The van der Waals surface area contributed by atoms with Gasteiger partial charge in [0.05, 0.1) is 12.8 Å². The van der Waals surface area contributed by atoms with Crippen LogP contribution in [-0.4, -0.2) is 41.7 Å². The van der Waals surface area contributed by atoms with E-state index in [0.717, 1.165) is 0 Å². The van der Waals surface area contributed by atoms with E-state index in [4.69, 9.17) is 38.4 Å². The Bertz CT molecular complexity index is 1070. The smallest absolute Gasteiger partial charge is 0.341 e. The Morgan fingerprint density at radius 3 is 2.53 bits per heavy atom. The first-order valence-corrected chi connectivity index (χ1v) is 9.28. The Morgan fingerprint density at radius 1 is 1.20 bits per heavy atom. The first-order valence-electron chi connectivity index (χ1n) is 8.50. The number of benzene rings is 2. The van der Waals surface area contributed by atoms with Crippen LogP contribution < -0.4 is 19.7 Å². The standard InChI is InChI=1S/C20H15ClN2O6S/c1-28-16-9-11(2-7-15(16)29-10-17(24)25)8-14-18(26)22-20(30)23(19(14)27)13-5-3-12(21)4-6-13/h2-9H,10H2,1H3,(H,24,25)(H,22,26,30)/b14-8-. The van der Waals surface area contributed by atoms with Crippen LogP contribution in [0.4, 0.5) is 5.69 Å². The number of hydrogen-bond acceptors (Lipinski definition) is 6. The van der Waals surface area contributed by atoms with E-state index in [1.54, 1.807) is 30.3 Å². The molecule has 30 heavy (non-hydrogen) atoms. The number of nitrogens with zero attached hydrogens (tertiary/aromatic N) is 1. The third kappa shape index (κ3) is 4.58. The number of ether oxygens (including phenoxy) is 2. The second kappa shape index (κ2) is 8.93. The molecule has 0 atom stereocenters. The zero-order valence-corrected chi connectivity index (χ0v) is 17.1. The predicted octanol–water partition coefficient (Wildman–Crippen LogP) is 2.64. The average molecular weight is 447 g/mol. The molecule has 154 valence electrons. The molecule has 1 fully saturated rings. The van der Waals surface area contributed by atoms with Crippen LogP contribution in [0.2, 0.25) is 5.02 Å². The number of rotatable bonds is 6. The molecule has 0 aliphatic carbocycles. The van der Waals surface area contributed by atoms with Gasteiger partial charge in [-0.05, 0) is 60.3 Å². The van der Waals surface area contributed by atoms with E-state index in [2.05, 4.69) is 5.32 Å². The maximum atomic E-state index is 13.0. The SMILES string of the molecule is COc1cc(/C=C2/C(=O)NC(=S)N(c3ccc(Cl)cc3)C2=O)ccc1OCC(=O)O. The third-order valence-electron chi connectivity index (χ3n) is 4.04. The monoisotopic (exact) mass is 446 g/mol. The summed E-state index contributed by atoms with van der Waals surface area (Å²) in [5, 5.41) is 11.7. The van der Waals surface area contributed by atoms with E-state index in [1.165, 1.54) is 30.2 Å². The molecule has 0 unspecified atom stereocenters. The number of methoxy groups -OCH3 is 1. The van der Waals surface area contributed by atoms with Crippen LogP contribution in [-0.2, 0) is 14.4 Å². The van der Waals surface area contributed by atoms with Crippen molar-refractivity contribution in [1.82, 2.24) is 5.32 Å². The van der Waals surface area contributed by atoms with Crippen LogP contribution in [0.3, 0.4) is 0 Å². The van der Waals surface area contributed by atoms with Crippen LogP contribution in [0.1, 0.15) is 5.56 Å². The highest BCUT2D eigenvalue weighted by atomic mass is 35.5. The molecule has 0 bridgehead atoms. The molecule has 2 aromatic carbocycles. The molecular formula is C20H15ClN2O6S. The largest absolute Gasteiger partial charge is 0.493 e. The fraction of sp³-hybridized carbons (Fsp3) is 0.100. The van der Waals surface area contributed by atoms with Crippen LogP contribution in [0, 0.1) is 0 Å². The molecule has 1 heterocycles. The number of amides is 2. The summed E-state index contributed by atoms with van der Waals surface area (Å²) < 4.78 is 10.4.